The summed E-state index contributed by atoms with van der Waals surface area (Å²) in [4.78, 5) is 17.6. The third-order valence-corrected chi connectivity index (χ3v) is 8.01. The standard InChI is InChI=1S/C27H32F2N4O2S/c1-32(35-2)26(34)33-27(20-11-6-5-7-12-20,17-10-18-30-22-13-8-3-4-9-14-22)36-25(31-33)23-19-21(28)15-16-24(23)29/h3-7,11-12,15-16,19,22,30H,8-10,13-14,17-18H2,1-2H3. The molecule has 4 rings (SSSR count). The zero-order valence-electron chi connectivity index (χ0n) is 20.6. The molecule has 2 aromatic rings. The second-order valence-electron chi connectivity index (χ2n) is 8.94. The van der Waals surface area contributed by atoms with Crippen LogP contribution in [-0.2, 0) is 9.71 Å². The lowest BCUT2D eigenvalue weighted by Crippen LogP contribution is -2.47. The average Bonchev–Trinajstić information content (AvgIpc) is 3.09. The summed E-state index contributed by atoms with van der Waals surface area (Å²) in [5.74, 6) is -1.16. The third kappa shape index (κ3) is 5.79. The first-order valence-electron chi connectivity index (χ1n) is 12.2. The van der Waals surface area contributed by atoms with Gasteiger partial charge in [0.05, 0.1) is 7.11 Å². The predicted octanol–water partition coefficient (Wildman–Crippen LogP) is 6.01. The van der Waals surface area contributed by atoms with Crippen molar-refractivity contribution in [3.63, 3.8) is 0 Å². The van der Waals surface area contributed by atoms with Crippen molar-refractivity contribution in [2.45, 2.75) is 49.4 Å². The molecule has 1 aliphatic carbocycles. The van der Waals surface area contributed by atoms with E-state index in [0.29, 0.717) is 12.5 Å². The summed E-state index contributed by atoms with van der Waals surface area (Å²) in [6.07, 6.45) is 10.1. The van der Waals surface area contributed by atoms with Gasteiger partial charge in [0.2, 0.25) is 0 Å². The fourth-order valence-electron chi connectivity index (χ4n) is 4.57. The number of hydrogen-bond acceptors (Lipinski definition) is 5. The zero-order chi connectivity index (χ0) is 25.5. The van der Waals surface area contributed by atoms with Crippen LogP contribution in [0.2, 0.25) is 0 Å². The molecule has 1 aliphatic heterocycles. The maximum absolute atomic E-state index is 14.8. The molecule has 1 heterocycles. The molecule has 2 aliphatic rings. The van der Waals surface area contributed by atoms with Gasteiger partial charge in [0.25, 0.3) is 0 Å². The Balaban J connectivity index is 1.64. The predicted molar refractivity (Wildman–Crippen MR) is 139 cm³/mol. The van der Waals surface area contributed by atoms with E-state index in [-0.39, 0.29) is 10.6 Å². The highest BCUT2D eigenvalue weighted by Crippen LogP contribution is 2.51. The van der Waals surface area contributed by atoms with Crippen molar-refractivity contribution >= 4 is 22.8 Å². The summed E-state index contributed by atoms with van der Waals surface area (Å²) in [6.45, 7) is 0.769. The lowest BCUT2D eigenvalue weighted by molar-refractivity contribution is -0.0805. The van der Waals surface area contributed by atoms with Crippen LogP contribution in [0, 0.1) is 11.6 Å². The van der Waals surface area contributed by atoms with E-state index in [1.165, 1.54) is 30.9 Å². The van der Waals surface area contributed by atoms with Crippen molar-refractivity contribution in [3.8, 4) is 0 Å². The lowest BCUT2D eigenvalue weighted by atomic mass is 10.00. The van der Waals surface area contributed by atoms with E-state index in [9.17, 15) is 13.6 Å². The van der Waals surface area contributed by atoms with Gasteiger partial charge in [-0.15, -0.1) is 0 Å². The monoisotopic (exact) mass is 514 g/mol. The number of benzene rings is 2. The maximum atomic E-state index is 14.8. The minimum absolute atomic E-state index is 0.0276. The van der Waals surface area contributed by atoms with Crippen LogP contribution in [0.25, 0.3) is 0 Å². The molecule has 6 nitrogen and oxygen atoms in total. The first-order chi connectivity index (χ1) is 17.4. The molecule has 9 heteroatoms. The Kier molecular flexibility index (Phi) is 8.77. The quantitative estimate of drug-likeness (QED) is 0.266. The van der Waals surface area contributed by atoms with Crippen LogP contribution in [-0.4, -0.2) is 47.9 Å². The van der Waals surface area contributed by atoms with Crippen LogP contribution in [0.5, 0.6) is 0 Å². The number of carbonyl (C=O) groups is 1. The fraction of sp³-hybridized carbons (Fsp3) is 0.407. The van der Waals surface area contributed by atoms with Crippen molar-refractivity contribution < 1.29 is 18.4 Å². The molecule has 0 saturated carbocycles. The van der Waals surface area contributed by atoms with E-state index >= 15 is 0 Å². The van der Waals surface area contributed by atoms with Crippen LogP contribution < -0.4 is 5.32 Å². The minimum Gasteiger partial charge on any atom is -0.314 e. The van der Waals surface area contributed by atoms with Gasteiger partial charge in [-0.3, -0.25) is 4.84 Å². The van der Waals surface area contributed by atoms with Crippen molar-refractivity contribution in [1.29, 1.82) is 0 Å². The third-order valence-electron chi connectivity index (χ3n) is 6.56. The number of halogens is 2. The topological polar surface area (TPSA) is 57.2 Å². The number of urea groups is 1. The second-order valence-corrected chi connectivity index (χ2v) is 10.2. The SMILES string of the molecule is CON(C)C(=O)N1N=C(c2cc(F)ccc2F)SC1(CCCNC1CCC=CCC1)c1ccccc1. The molecule has 2 amide bonds. The van der Waals surface area contributed by atoms with E-state index in [1.54, 1.807) is 0 Å². The number of hydroxylamine groups is 2. The first-order valence-corrected chi connectivity index (χ1v) is 13.1. The van der Waals surface area contributed by atoms with Gasteiger partial charge in [-0.2, -0.15) is 10.1 Å². The van der Waals surface area contributed by atoms with Crippen molar-refractivity contribution in [1.82, 2.24) is 15.4 Å². The maximum Gasteiger partial charge on any atom is 0.365 e. The van der Waals surface area contributed by atoms with Crippen molar-refractivity contribution in [3.05, 3.63) is 83.4 Å². The summed E-state index contributed by atoms with van der Waals surface area (Å²) < 4.78 is 28.8. The molecule has 36 heavy (non-hydrogen) atoms. The van der Waals surface area contributed by atoms with Gasteiger partial charge >= 0.3 is 6.03 Å². The average molecular weight is 515 g/mol. The molecule has 1 atom stereocenters. The van der Waals surface area contributed by atoms with E-state index in [2.05, 4.69) is 22.6 Å². The Morgan fingerprint density at radius 3 is 2.61 bits per heavy atom. The van der Waals surface area contributed by atoms with Crippen LogP contribution in [0.1, 0.15) is 49.7 Å². The van der Waals surface area contributed by atoms with Gasteiger partial charge in [0.1, 0.15) is 21.5 Å². The van der Waals surface area contributed by atoms with Crippen LogP contribution in [0.4, 0.5) is 13.6 Å². The van der Waals surface area contributed by atoms with Gasteiger partial charge in [-0.1, -0.05) is 54.2 Å². The number of allylic oxidation sites excluding steroid dienone is 2. The fourth-order valence-corrected chi connectivity index (χ4v) is 5.98. The van der Waals surface area contributed by atoms with Gasteiger partial charge in [0.15, 0.2) is 0 Å². The number of thioether (sulfide) groups is 1. The lowest BCUT2D eigenvalue weighted by Gasteiger charge is -2.37. The zero-order valence-corrected chi connectivity index (χ0v) is 21.4. The van der Waals surface area contributed by atoms with Gasteiger partial charge < -0.3 is 5.32 Å². The summed E-state index contributed by atoms with van der Waals surface area (Å²) >= 11 is 1.27. The highest BCUT2D eigenvalue weighted by Gasteiger charge is 2.49. The van der Waals surface area contributed by atoms with E-state index in [1.807, 2.05) is 30.3 Å². The largest absolute Gasteiger partial charge is 0.365 e. The number of nitrogens with one attached hydrogen (secondary N) is 1. The molecular weight excluding hydrogens is 482 g/mol. The molecule has 0 bridgehead atoms. The Hall–Kier alpha value is -2.75. The number of amides is 2. The summed E-state index contributed by atoms with van der Waals surface area (Å²) in [7, 11) is 2.90. The van der Waals surface area contributed by atoms with Crippen molar-refractivity contribution in [2.75, 3.05) is 20.7 Å². The molecule has 2 aromatic carbocycles. The molecule has 1 unspecified atom stereocenters. The molecule has 0 saturated heterocycles. The molecule has 0 spiro atoms. The van der Waals surface area contributed by atoms with E-state index < -0.39 is 22.5 Å². The normalized spacial score (nSPS) is 20.3. The summed E-state index contributed by atoms with van der Waals surface area (Å²) in [6, 6.07) is 12.8. The van der Waals surface area contributed by atoms with Gasteiger partial charge in [0, 0.05) is 18.7 Å². The highest BCUT2D eigenvalue weighted by molar-refractivity contribution is 8.15. The minimum atomic E-state index is -0.952. The van der Waals surface area contributed by atoms with E-state index in [0.717, 1.165) is 67.5 Å². The first kappa shape index (κ1) is 26.3. The number of nitrogens with zero attached hydrogens (tertiary/aromatic N) is 3. The Morgan fingerprint density at radius 2 is 1.92 bits per heavy atom. The number of hydrazone groups is 1. The molecule has 0 fully saturated rings. The Bertz CT molecular complexity index is 1100. The molecule has 0 radical (unpaired) electrons. The molecule has 0 aromatic heterocycles. The molecular formula is C27H32F2N4O2S. The Labute approximate surface area is 215 Å². The second kappa shape index (κ2) is 12.0. The summed E-state index contributed by atoms with van der Waals surface area (Å²) in [5, 5.41) is 10.9. The van der Waals surface area contributed by atoms with E-state index in [4.69, 9.17) is 4.84 Å². The highest BCUT2D eigenvalue weighted by atomic mass is 32.2. The van der Waals surface area contributed by atoms with Crippen molar-refractivity contribution in [2.24, 2.45) is 5.10 Å². The van der Waals surface area contributed by atoms with Crippen LogP contribution in [0.3, 0.4) is 0 Å². The summed E-state index contributed by atoms with van der Waals surface area (Å²) in [5.41, 5.74) is 0.877. The Morgan fingerprint density at radius 1 is 1.19 bits per heavy atom. The van der Waals surface area contributed by atoms with Crippen LogP contribution in [0.15, 0.2) is 65.8 Å². The smallest absolute Gasteiger partial charge is 0.314 e. The van der Waals surface area contributed by atoms with Gasteiger partial charge in [-0.25, -0.2) is 18.6 Å². The number of carbonyl (C=O) groups excluding carboxylic acids is 1. The molecule has 192 valence electrons. The van der Waals surface area contributed by atoms with Gasteiger partial charge in [-0.05, 0) is 68.8 Å². The number of rotatable bonds is 8. The molecule has 1 N–H and O–H groups in total. The van der Waals surface area contributed by atoms with Crippen LogP contribution >= 0.6 is 11.8 Å². The number of hydrogen-bond donors (Lipinski definition) is 1.